The number of pyridine rings is 1. The molecule has 0 aliphatic heterocycles. The van der Waals surface area contributed by atoms with Gasteiger partial charge in [-0.1, -0.05) is 11.2 Å². The lowest BCUT2D eigenvalue weighted by Crippen LogP contribution is -2.14. The monoisotopic (exact) mass is 409 g/mol. The van der Waals surface area contributed by atoms with E-state index in [1.54, 1.807) is 0 Å². The zero-order valence-corrected chi connectivity index (χ0v) is 14.0. The van der Waals surface area contributed by atoms with Gasteiger partial charge in [0, 0.05) is 18.0 Å². The summed E-state index contributed by atoms with van der Waals surface area (Å²) in [7, 11) is 0. The molecular weight excluding hydrogens is 401 g/mol. The number of nitrogens with zero attached hydrogens (tertiary/aromatic N) is 4. The lowest BCUT2D eigenvalue weighted by Gasteiger charge is -2.05. The first-order valence-corrected chi connectivity index (χ1v) is 7.88. The minimum absolute atomic E-state index is 0.168. The van der Waals surface area contributed by atoms with Gasteiger partial charge < -0.3 is 14.2 Å². The van der Waals surface area contributed by atoms with Gasteiger partial charge in [-0.2, -0.15) is 18.2 Å². The number of hydrogen-bond acceptors (Lipinski definition) is 5. The molecule has 0 unspecified atom stereocenters. The third-order valence-electron chi connectivity index (χ3n) is 3.81. The van der Waals surface area contributed by atoms with E-state index in [0.717, 1.165) is 18.2 Å². The molecule has 0 bridgehead atoms. The molecule has 0 atom stereocenters. The highest BCUT2D eigenvalue weighted by molar-refractivity contribution is 6.03. The molecule has 148 valence electrons. The molecule has 7 nitrogen and oxygen atoms in total. The Morgan fingerprint density at radius 3 is 2.41 bits per heavy atom. The number of imidazole rings is 1. The summed E-state index contributed by atoms with van der Waals surface area (Å²) in [6, 6.07) is 5.89. The fourth-order valence-corrected chi connectivity index (χ4v) is 2.48. The van der Waals surface area contributed by atoms with Crippen molar-refractivity contribution in [2.24, 2.45) is 0 Å². The SMILES string of the molecule is O=C(Nc1c(F)cccc1F)c1cn2cc(-c3noc(C(F)(F)F)n3)ccc2n1. The number of carbonyl (C=O) groups is 1. The van der Waals surface area contributed by atoms with Crippen LogP contribution >= 0.6 is 0 Å². The van der Waals surface area contributed by atoms with Crippen LogP contribution in [0.15, 0.2) is 47.2 Å². The van der Waals surface area contributed by atoms with Gasteiger partial charge >= 0.3 is 12.1 Å². The highest BCUT2D eigenvalue weighted by Crippen LogP contribution is 2.29. The summed E-state index contributed by atoms with van der Waals surface area (Å²) in [6.07, 6.45) is -2.22. The zero-order chi connectivity index (χ0) is 20.8. The molecule has 0 spiro atoms. The van der Waals surface area contributed by atoms with E-state index in [4.69, 9.17) is 0 Å². The molecule has 4 aromatic rings. The number of para-hydroxylation sites is 1. The van der Waals surface area contributed by atoms with E-state index in [0.29, 0.717) is 0 Å². The van der Waals surface area contributed by atoms with E-state index in [2.05, 4.69) is 25.0 Å². The summed E-state index contributed by atoms with van der Waals surface area (Å²) >= 11 is 0. The number of alkyl halides is 3. The largest absolute Gasteiger partial charge is 0.471 e. The Bertz CT molecular complexity index is 1210. The molecule has 0 saturated carbocycles. The number of hydrogen-bond donors (Lipinski definition) is 1. The van der Waals surface area contributed by atoms with Gasteiger partial charge in [0.1, 0.15) is 28.7 Å². The Kier molecular flexibility index (Phi) is 4.25. The third-order valence-corrected chi connectivity index (χ3v) is 3.81. The van der Waals surface area contributed by atoms with Crippen LogP contribution in [0.25, 0.3) is 17.0 Å². The van der Waals surface area contributed by atoms with Crippen molar-refractivity contribution in [2.45, 2.75) is 6.18 Å². The standard InChI is InChI=1S/C17H8F5N5O2/c18-9-2-1-3-10(19)13(9)24-15(28)11-7-27-6-8(4-5-12(27)23-11)14-25-16(29-26-14)17(20,21)22/h1-7H,(H,24,28). The van der Waals surface area contributed by atoms with Gasteiger partial charge in [-0.25, -0.2) is 13.8 Å². The van der Waals surface area contributed by atoms with Gasteiger partial charge in [0.2, 0.25) is 5.82 Å². The van der Waals surface area contributed by atoms with Crippen LogP contribution in [0.4, 0.5) is 27.6 Å². The molecule has 1 N–H and O–H groups in total. The van der Waals surface area contributed by atoms with E-state index < -0.39 is 35.3 Å². The molecule has 29 heavy (non-hydrogen) atoms. The zero-order valence-electron chi connectivity index (χ0n) is 14.0. The lowest BCUT2D eigenvalue weighted by atomic mass is 10.2. The van der Waals surface area contributed by atoms with E-state index in [1.807, 2.05) is 0 Å². The predicted octanol–water partition coefficient (Wildman–Crippen LogP) is 3.93. The normalized spacial score (nSPS) is 11.8. The first-order chi connectivity index (χ1) is 13.7. The number of amides is 1. The summed E-state index contributed by atoms with van der Waals surface area (Å²) in [5, 5.41) is 5.37. The fourth-order valence-electron chi connectivity index (χ4n) is 2.48. The summed E-state index contributed by atoms with van der Waals surface area (Å²) in [4.78, 5) is 19.6. The van der Waals surface area contributed by atoms with Crippen LogP contribution in [-0.2, 0) is 6.18 Å². The maximum absolute atomic E-state index is 13.7. The van der Waals surface area contributed by atoms with E-state index in [1.165, 1.54) is 28.9 Å². The quantitative estimate of drug-likeness (QED) is 0.518. The molecule has 1 amide bonds. The molecule has 0 aliphatic carbocycles. The topological polar surface area (TPSA) is 85.3 Å². The van der Waals surface area contributed by atoms with Crippen molar-refractivity contribution in [1.82, 2.24) is 19.5 Å². The molecule has 3 aromatic heterocycles. The van der Waals surface area contributed by atoms with Crippen molar-refractivity contribution in [3.05, 3.63) is 65.9 Å². The Morgan fingerprint density at radius 2 is 1.76 bits per heavy atom. The number of nitrogens with one attached hydrogen (secondary N) is 1. The predicted molar refractivity (Wildman–Crippen MR) is 87.8 cm³/mol. The number of aromatic nitrogens is 4. The van der Waals surface area contributed by atoms with Gasteiger partial charge in [-0.05, 0) is 24.3 Å². The molecular formula is C17H8F5N5O2. The third kappa shape index (κ3) is 3.51. The van der Waals surface area contributed by atoms with Crippen LogP contribution in [0.3, 0.4) is 0 Å². The average molecular weight is 409 g/mol. The van der Waals surface area contributed by atoms with Gasteiger partial charge in [-0.15, -0.1) is 0 Å². The smallest absolute Gasteiger partial charge is 0.329 e. The second-order valence-electron chi connectivity index (χ2n) is 5.78. The minimum atomic E-state index is -4.78. The van der Waals surface area contributed by atoms with Gasteiger partial charge in [-0.3, -0.25) is 4.79 Å². The van der Waals surface area contributed by atoms with Crippen molar-refractivity contribution >= 4 is 17.2 Å². The number of carbonyl (C=O) groups excluding carboxylic acids is 1. The van der Waals surface area contributed by atoms with Crippen LogP contribution in [0, 0.1) is 11.6 Å². The number of benzene rings is 1. The maximum atomic E-state index is 13.7. The molecule has 0 fully saturated rings. The van der Waals surface area contributed by atoms with Crippen molar-refractivity contribution in [1.29, 1.82) is 0 Å². The molecule has 4 rings (SSSR count). The number of rotatable bonds is 3. The lowest BCUT2D eigenvalue weighted by molar-refractivity contribution is -0.159. The van der Waals surface area contributed by atoms with Crippen LogP contribution in [0.5, 0.6) is 0 Å². The van der Waals surface area contributed by atoms with Crippen molar-refractivity contribution in [3.63, 3.8) is 0 Å². The van der Waals surface area contributed by atoms with Crippen molar-refractivity contribution in [3.8, 4) is 11.4 Å². The second kappa shape index (κ2) is 6.65. The van der Waals surface area contributed by atoms with Crippen LogP contribution < -0.4 is 5.32 Å². The molecule has 1 aromatic carbocycles. The molecule has 0 aliphatic rings. The van der Waals surface area contributed by atoms with Crippen LogP contribution in [-0.4, -0.2) is 25.4 Å². The summed E-state index contributed by atoms with van der Waals surface area (Å²) in [6.45, 7) is 0. The average Bonchev–Trinajstić information content (AvgIpc) is 3.30. The van der Waals surface area contributed by atoms with E-state index in [9.17, 15) is 26.7 Å². The molecule has 0 radical (unpaired) electrons. The number of fused-ring (bicyclic) bond motifs is 1. The number of anilines is 1. The first-order valence-electron chi connectivity index (χ1n) is 7.88. The summed E-state index contributed by atoms with van der Waals surface area (Å²) in [5.74, 6) is -4.60. The van der Waals surface area contributed by atoms with E-state index in [-0.39, 0.29) is 22.7 Å². The van der Waals surface area contributed by atoms with Gasteiger partial charge in [0.25, 0.3) is 5.91 Å². The van der Waals surface area contributed by atoms with Crippen LogP contribution in [0.2, 0.25) is 0 Å². The second-order valence-corrected chi connectivity index (χ2v) is 5.78. The first kappa shape index (κ1) is 18.5. The molecule has 12 heteroatoms. The number of halogens is 5. The Labute approximate surface area is 157 Å². The molecule has 0 saturated heterocycles. The van der Waals surface area contributed by atoms with Crippen molar-refractivity contribution < 1.29 is 31.3 Å². The Morgan fingerprint density at radius 1 is 1.03 bits per heavy atom. The van der Waals surface area contributed by atoms with Crippen LogP contribution in [0.1, 0.15) is 16.4 Å². The summed E-state index contributed by atoms with van der Waals surface area (Å²) in [5.41, 5.74) is -0.371. The van der Waals surface area contributed by atoms with Gasteiger partial charge in [0.15, 0.2) is 0 Å². The van der Waals surface area contributed by atoms with Gasteiger partial charge in [0.05, 0.1) is 0 Å². The fraction of sp³-hybridized carbons (Fsp3) is 0.0588. The highest BCUT2D eigenvalue weighted by atomic mass is 19.4. The van der Waals surface area contributed by atoms with Crippen molar-refractivity contribution in [2.75, 3.05) is 5.32 Å². The minimum Gasteiger partial charge on any atom is -0.329 e. The van der Waals surface area contributed by atoms with E-state index >= 15 is 0 Å². The highest BCUT2D eigenvalue weighted by Gasteiger charge is 2.38. The maximum Gasteiger partial charge on any atom is 0.471 e. The Hall–Kier alpha value is -3.83. The molecule has 3 heterocycles. The summed E-state index contributed by atoms with van der Waals surface area (Å²) < 4.78 is 70.6. The Balaban J connectivity index is 1.63.